The van der Waals surface area contributed by atoms with Crippen molar-refractivity contribution in [1.82, 2.24) is 9.55 Å². The maximum absolute atomic E-state index is 12.1. The van der Waals surface area contributed by atoms with E-state index in [1.165, 1.54) is 0 Å². The third-order valence-electron chi connectivity index (χ3n) is 2.94. The van der Waals surface area contributed by atoms with E-state index in [1.54, 1.807) is 24.7 Å². The van der Waals surface area contributed by atoms with Crippen molar-refractivity contribution in [2.45, 2.75) is 0 Å². The van der Waals surface area contributed by atoms with Crippen molar-refractivity contribution < 1.29 is 4.79 Å². The normalized spacial score (nSPS) is 10.2. The fraction of sp³-hybridized carbons (Fsp3) is 0. The first-order valence-corrected chi connectivity index (χ1v) is 6.28. The van der Waals surface area contributed by atoms with Crippen molar-refractivity contribution in [2.75, 3.05) is 5.32 Å². The van der Waals surface area contributed by atoms with Gasteiger partial charge in [-0.2, -0.15) is 0 Å². The molecule has 2 aromatic carbocycles. The number of imidazole rings is 1. The van der Waals surface area contributed by atoms with Gasteiger partial charge in [-0.3, -0.25) is 4.79 Å². The Hall–Kier alpha value is -2.88. The summed E-state index contributed by atoms with van der Waals surface area (Å²) in [5, 5.41) is 2.89. The van der Waals surface area contributed by atoms with E-state index in [0.717, 1.165) is 11.4 Å². The lowest BCUT2D eigenvalue weighted by molar-refractivity contribution is 0.102. The number of nitrogens with one attached hydrogen (secondary N) is 1. The first kappa shape index (κ1) is 12.2. The van der Waals surface area contributed by atoms with Crippen molar-refractivity contribution in [3.63, 3.8) is 0 Å². The largest absolute Gasteiger partial charge is 0.322 e. The molecule has 1 heterocycles. The second-order valence-corrected chi connectivity index (χ2v) is 4.34. The number of nitrogens with zero attached hydrogens (tertiary/aromatic N) is 2. The number of hydrogen-bond donors (Lipinski definition) is 1. The van der Waals surface area contributed by atoms with E-state index < -0.39 is 0 Å². The Bertz CT molecular complexity index is 706. The van der Waals surface area contributed by atoms with Gasteiger partial charge in [-0.15, -0.1) is 0 Å². The Kier molecular flexibility index (Phi) is 3.29. The Morgan fingerprint density at radius 2 is 1.90 bits per heavy atom. The van der Waals surface area contributed by atoms with Gasteiger partial charge in [-0.25, -0.2) is 4.98 Å². The van der Waals surface area contributed by atoms with Crippen LogP contribution in [0.1, 0.15) is 10.4 Å². The van der Waals surface area contributed by atoms with Crippen molar-refractivity contribution in [3.05, 3.63) is 78.9 Å². The zero-order chi connectivity index (χ0) is 13.8. The van der Waals surface area contributed by atoms with E-state index in [0.29, 0.717) is 5.56 Å². The summed E-state index contributed by atoms with van der Waals surface area (Å²) in [5.74, 6) is -0.117. The summed E-state index contributed by atoms with van der Waals surface area (Å²) in [7, 11) is 0. The number of rotatable bonds is 3. The molecule has 0 aliphatic heterocycles. The van der Waals surface area contributed by atoms with Gasteiger partial charge in [0.15, 0.2) is 0 Å². The predicted molar refractivity (Wildman–Crippen MR) is 78.0 cm³/mol. The fourth-order valence-electron chi connectivity index (χ4n) is 1.95. The molecule has 1 N–H and O–H groups in total. The molecule has 3 aromatic rings. The Balaban J connectivity index is 1.82. The molecule has 20 heavy (non-hydrogen) atoms. The zero-order valence-electron chi connectivity index (χ0n) is 10.7. The van der Waals surface area contributed by atoms with Gasteiger partial charge in [0.05, 0.1) is 6.33 Å². The lowest BCUT2D eigenvalue weighted by Gasteiger charge is -2.08. The number of hydrogen-bond acceptors (Lipinski definition) is 2. The molecule has 3 rings (SSSR count). The minimum atomic E-state index is -0.117. The van der Waals surface area contributed by atoms with Crippen LogP contribution in [-0.4, -0.2) is 15.5 Å². The van der Waals surface area contributed by atoms with Crippen molar-refractivity contribution in [2.24, 2.45) is 0 Å². The molecule has 4 heteroatoms. The first-order chi connectivity index (χ1) is 9.83. The maximum atomic E-state index is 12.1. The zero-order valence-corrected chi connectivity index (χ0v) is 10.7. The molecule has 0 radical (unpaired) electrons. The van der Waals surface area contributed by atoms with Gasteiger partial charge in [0, 0.05) is 29.3 Å². The topological polar surface area (TPSA) is 46.9 Å². The second kappa shape index (κ2) is 5.40. The number of anilines is 1. The Labute approximate surface area is 116 Å². The summed E-state index contributed by atoms with van der Waals surface area (Å²) in [6.07, 6.45) is 5.30. The van der Waals surface area contributed by atoms with Gasteiger partial charge in [-0.1, -0.05) is 24.3 Å². The number of benzene rings is 2. The first-order valence-electron chi connectivity index (χ1n) is 6.28. The smallest absolute Gasteiger partial charge is 0.255 e. The summed E-state index contributed by atoms with van der Waals surface area (Å²) in [5.41, 5.74) is 2.35. The minimum absolute atomic E-state index is 0.117. The number of amides is 1. The van der Waals surface area contributed by atoms with Crippen LogP contribution in [0.3, 0.4) is 0 Å². The maximum Gasteiger partial charge on any atom is 0.255 e. The van der Waals surface area contributed by atoms with Crippen LogP contribution in [-0.2, 0) is 0 Å². The number of carbonyl (C=O) groups excluding carboxylic acids is 1. The molecule has 0 saturated carbocycles. The van der Waals surface area contributed by atoms with E-state index in [1.807, 2.05) is 53.2 Å². The highest BCUT2D eigenvalue weighted by atomic mass is 16.1. The molecule has 1 aromatic heterocycles. The monoisotopic (exact) mass is 263 g/mol. The molecular weight excluding hydrogens is 250 g/mol. The lowest BCUT2D eigenvalue weighted by atomic mass is 10.2. The van der Waals surface area contributed by atoms with Gasteiger partial charge < -0.3 is 9.88 Å². The molecular formula is C16H13N3O. The van der Waals surface area contributed by atoms with Crippen LogP contribution in [0.15, 0.2) is 73.3 Å². The molecule has 0 atom stereocenters. The van der Waals surface area contributed by atoms with Crippen LogP contribution in [0.5, 0.6) is 0 Å². The highest BCUT2D eigenvalue weighted by molar-refractivity contribution is 6.04. The Morgan fingerprint density at radius 3 is 2.65 bits per heavy atom. The minimum Gasteiger partial charge on any atom is -0.322 e. The summed E-state index contributed by atoms with van der Waals surface area (Å²) in [6, 6.07) is 16.8. The summed E-state index contributed by atoms with van der Waals surface area (Å²) in [4.78, 5) is 16.1. The van der Waals surface area contributed by atoms with E-state index in [-0.39, 0.29) is 5.91 Å². The van der Waals surface area contributed by atoms with Crippen molar-refractivity contribution >= 4 is 11.6 Å². The average Bonchev–Trinajstić information content (AvgIpc) is 3.03. The van der Waals surface area contributed by atoms with Crippen LogP contribution in [0.2, 0.25) is 0 Å². The third kappa shape index (κ3) is 2.59. The van der Waals surface area contributed by atoms with Crippen LogP contribution in [0.4, 0.5) is 5.69 Å². The highest BCUT2D eigenvalue weighted by Gasteiger charge is 2.05. The molecule has 0 bridgehead atoms. The van der Waals surface area contributed by atoms with Crippen molar-refractivity contribution in [3.8, 4) is 5.69 Å². The highest BCUT2D eigenvalue weighted by Crippen LogP contribution is 2.15. The average molecular weight is 263 g/mol. The summed E-state index contributed by atoms with van der Waals surface area (Å²) >= 11 is 0. The summed E-state index contributed by atoms with van der Waals surface area (Å²) < 4.78 is 1.89. The van der Waals surface area contributed by atoms with Crippen LogP contribution >= 0.6 is 0 Å². The molecule has 1 amide bonds. The van der Waals surface area contributed by atoms with E-state index in [2.05, 4.69) is 10.3 Å². The van der Waals surface area contributed by atoms with Gasteiger partial charge in [-0.05, 0) is 30.3 Å². The summed E-state index contributed by atoms with van der Waals surface area (Å²) in [6.45, 7) is 0. The number of aromatic nitrogens is 2. The van der Waals surface area contributed by atoms with E-state index >= 15 is 0 Å². The molecule has 0 unspecified atom stereocenters. The predicted octanol–water partition coefficient (Wildman–Crippen LogP) is 3.12. The van der Waals surface area contributed by atoms with Crippen LogP contribution < -0.4 is 5.32 Å². The second-order valence-electron chi connectivity index (χ2n) is 4.34. The molecule has 0 fully saturated rings. The molecule has 98 valence electrons. The van der Waals surface area contributed by atoms with Gasteiger partial charge in [0.25, 0.3) is 5.91 Å². The fourth-order valence-corrected chi connectivity index (χ4v) is 1.95. The van der Waals surface area contributed by atoms with Gasteiger partial charge >= 0.3 is 0 Å². The van der Waals surface area contributed by atoms with Crippen LogP contribution in [0, 0.1) is 0 Å². The molecule has 0 aliphatic carbocycles. The lowest BCUT2D eigenvalue weighted by Crippen LogP contribution is -2.11. The molecule has 4 nitrogen and oxygen atoms in total. The quantitative estimate of drug-likeness (QED) is 0.789. The third-order valence-corrected chi connectivity index (χ3v) is 2.94. The Morgan fingerprint density at radius 1 is 1.05 bits per heavy atom. The van der Waals surface area contributed by atoms with E-state index in [4.69, 9.17) is 0 Å². The number of carbonyl (C=O) groups is 1. The van der Waals surface area contributed by atoms with Gasteiger partial charge in [0.2, 0.25) is 0 Å². The standard InChI is InChI=1S/C16H13N3O/c20-16(13-5-2-1-3-6-13)18-14-7-4-8-15(11-14)19-10-9-17-12-19/h1-12H,(H,18,20). The van der Waals surface area contributed by atoms with E-state index in [9.17, 15) is 4.79 Å². The van der Waals surface area contributed by atoms with Crippen LogP contribution in [0.25, 0.3) is 5.69 Å². The van der Waals surface area contributed by atoms with Crippen molar-refractivity contribution in [1.29, 1.82) is 0 Å². The molecule has 0 saturated heterocycles. The van der Waals surface area contributed by atoms with Gasteiger partial charge in [0.1, 0.15) is 0 Å². The molecule has 0 spiro atoms. The SMILES string of the molecule is O=C(Nc1cccc(-n2ccnc2)c1)c1ccccc1. The molecule has 0 aliphatic rings.